The number of nitrogens with zero attached hydrogens (tertiary/aromatic N) is 4. The van der Waals surface area contributed by atoms with Crippen molar-refractivity contribution >= 4 is 0 Å². The van der Waals surface area contributed by atoms with Gasteiger partial charge in [-0.25, -0.2) is 5.10 Å². The molecule has 2 aliphatic carbocycles. The molecule has 0 aliphatic heterocycles. The van der Waals surface area contributed by atoms with Crippen molar-refractivity contribution in [2.45, 2.75) is 63.2 Å². The first-order chi connectivity index (χ1) is 13.8. The molecule has 2 heterocycles. The van der Waals surface area contributed by atoms with Gasteiger partial charge in [-0.1, -0.05) is 49.6 Å². The van der Waals surface area contributed by atoms with E-state index in [1.54, 1.807) is 0 Å². The van der Waals surface area contributed by atoms with Gasteiger partial charge in [-0.15, -0.1) is 5.10 Å². The number of rotatable bonds is 3. The number of benzene rings is 1. The van der Waals surface area contributed by atoms with E-state index in [1.165, 1.54) is 41.6 Å². The van der Waals surface area contributed by atoms with Crippen LogP contribution in [0, 0.1) is 6.92 Å². The highest BCUT2D eigenvalue weighted by molar-refractivity contribution is 5.86. The number of aryl methyl sites for hydroxylation is 1. The number of nitrogens with one attached hydrogen (secondary N) is 1. The molecule has 0 atom stereocenters. The van der Waals surface area contributed by atoms with Gasteiger partial charge in [-0.3, -0.25) is 4.98 Å². The summed E-state index contributed by atoms with van der Waals surface area (Å²) in [6.07, 6.45) is 9.89. The molecule has 0 bridgehead atoms. The Hall–Kier alpha value is -2.56. The first-order valence-corrected chi connectivity index (χ1v) is 10.4. The van der Waals surface area contributed by atoms with Crippen molar-refractivity contribution in [1.82, 2.24) is 25.6 Å². The molecule has 1 aromatic carbocycles. The van der Waals surface area contributed by atoms with Crippen LogP contribution in [0.15, 0.2) is 30.3 Å². The average molecular weight is 371 g/mol. The third kappa shape index (κ3) is 2.93. The Labute approximate surface area is 166 Å². The van der Waals surface area contributed by atoms with Gasteiger partial charge in [0.15, 0.2) is 5.82 Å². The number of H-pyrrole nitrogens is 1. The van der Waals surface area contributed by atoms with Gasteiger partial charge in [0.25, 0.3) is 0 Å². The predicted molar refractivity (Wildman–Crippen MR) is 109 cm³/mol. The maximum Gasteiger partial charge on any atom is 0.181 e. The average Bonchev–Trinajstić information content (AvgIpc) is 3.35. The molecule has 2 radical (unpaired) electrons. The quantitative estimate of drug-likeness (QED) is 0.677. The predicted octanol–water partition coefficient (Wildman–Crippen LogP) is 4.72. The van der Waals surface area contributed by atoms with Crippen LogP contribution in [-0.2, 0) is 18.3 Å². The lowest BCUT2D eigenvalue weighted by Crippen LogP contribution is -2.23. The third-order valence-corrected chi connectivity index (χ3v) is 6.34. The van der Waals surface area contributed by atoms with Crippen LogP contribution < -0.4 is 0 Å². The summed E-state index contributed by atoms with van der Waals surface area (Å²) < 4.78 is 0. The number of hydrogen-bond donors (Lipinski definition) is 1. The molecule has 5 rings (SSSR count). The van der Waals surface area contributed by atoms with E-state index in [0.717, 1.165) is 49.8 Å². The molecule has 5 heteroatoms. The first kappa shape index (κ1) is 17.5. The molecule has 0 saturated heterocycles. The Morgan fingerprint density at radius 2 is 1.68 bits per heavy atom. The minimum absolute atomic E-state index is 0.410. The number of tetrazole rings is 1. The Balaban J connectivity index is 1.86. The zero-order valence-electron chi connectivity index (χ0n) is 16.1. The molecule has 0 spiro atoms. The largest absolute Gasteiger partial charge is 0.256 e. The van der Waals surface area contributed by atoms with E-state index in [4.69, 9.17) is 11.9 Å². The van der Waals surface area contributed by atoms with Gasteiger partial charge in [0, 0.05) is 11.1 Å². The summed E-state index contributed by atoms with van der Waals surface area (Å²) in [4.78, 5) is 5.23. The van der Waals surface area contributed by atoms with Gasteiger partial charge < -0.3 is 0 Å². The van der Waals surface area contributed by atoms with Crippen molar-refractivity contribution in [2.75, 3.05) is 0 Å². The fourth-order valence-corrected chi connectivity index (χ4v) is 4.94. The van der Waals surface area contributed by atoms with Gasteiger partial charge in [0.2, 0.25) is 0 Å². The molecule has 2 aromatic heterocycles. The fourth-order valence-electron chi connectivity index (χ4n) is 4.94. The van der Waals surface area contributed by atoms with E-state index in [0.29, 0.717) is 5.82 Å². The van der Waals surface area contributed by atoms with Gasteiger partial charge in [-0.05, 0) is 72.6 Å². The molecule has 2 aliphatic rings. The lowest BCUT2D eigenvalue weighted by Gasteiger charge is -2.29. The Bertz CT molecular complexity index is 956. The Morgan fingerprint density at radius 1 is 0.893 bits per heavy atom. The maximum absolute atomic E-state index is 6.96. The van der Waals surface area contributed by atoms with Crippen molar-refractivity contribution < 1.29 is 0 Å². The van der Waals surface area contributed by atoms with E-state index in [1.807, 2.05) is 0 Å². The highest BCUT2D eigenvalue weighted by atomic mass is 15.5. The molecule has 3 aromatic rings. The van der Waals surface area contributed by atoms with Crippen LogP contribution in [0.1, 0.15) is 61.9 Å². The van der Waals surface area contributed by atoms with E-state index < -0.39 is 5.41 Å². The van der Waals surface area contributed by atoms with Gasteiger partial charge in [0.1, 0.15) is 0 Å². The standard InChI is InChI=1S/C23H25N5/c1-23(14-8-9-15-23)21-20(22-25-27-28-26-22)19(16-10-4-2-5-11-16)17-12-6-3-7-13-18(17)24-21/h1-2,4-5,10-11H,3,6-9,12-15H2,(H,25,26,27,28). The molecule has 1 fully saturated rings. The summed E-state index contributed by atoms with van der Waals surface area (Å²) in [6.45, 7) is 6.96. The van der Waals surface area contributed by atoms with E-state index in [9.17, 15) is 0 Å². The van der Waals surface area contributed by atoms with Gasteiger partial charge >= 0.3 is 0 Å². The molecular formula is C23H25N5. The SMILES string of the molecule is [CH]C1(c2nc3c(c(-c4ccccc4)c2-c2nnn[nH]2)CCCCC3)CCCC1. The van der Waals surface area contributed by atoms with Crippen molar-refractivity contribution in [3.8, 4) is 22.5 Å². The molecule has 5 nitrogen and oxygen atoms in total. The van der Waals surface area contributed by atoms with Crippen molar-refractivity contribution in [1.29, 1.82) is 0 Å². The number of hydrogen-bond acceptors (Lipinski definition) is 4. The topological polar surface area (TPSA) is 67.3 Å². The normalized spacial score (nSPS) is 18.6. The third-order valence-electron chi connectivity index (χ3n) is 6.34. The smallest absolute Gasteiger partial charge is 0.181 e. The summed E-state index contributed by atoms with van der Waals surface area (Å²) in [5.74, 6) is 0.671. The molecule has 142 valence electrons. The van der Waals surface area contributed by atoms with Crippen LogP contribution in [0.4, 0.5) is 0 Å². The zero-order chi connectivity index (χ0) is 19.0. The number of pyridine rings is 1. The first-order valence-electron chi connectivity index (χ1n) is 10.4. The highest BCUT2D eigenvalue weighted by Crippen LogP contribution is 2.47. The van der Waals surface area contributed by atoms with Crippen LogP contribution in [0.3, 0.4) is 0 Å². The van der Waals surface area contributed by atoms with E-state index in [-0.39, 0.29) is 0 Å². The van der Waals surface area contributed by atoms with E-state index >= 15 is 0 Å². The molecule has 1 N–H and O–H groups in total. The van der Waals surface area contributed by atoms with Crippen LogP contribution >= 0.6 is 0 Å². The second-order valence-electron chi connectivity index (χ2n) is 8.18. The highest BCUT2D eigenvalue weighted by Gasteiger charge is 2.38. The van der Waals surface area contributed by atoms with Crippen LogP contribution in [0.5, 0.6) is 0 Å². The van der Waals surface area contributed by atoms with E-state index in [2.05, 4.69) is 51.0 Å². The zero-order valence-corrected chi connectivity index (χ0v) is 16.1. The summed E-state index contributed by atoms with van der Waals surface area (Å²) >= 11 is 0. The number of fused-ring (bicyclic) bond motifs is 1. The molecule has 28 heavy (non-hydrogen) atoms. The monoisotopic (exact) mass is 371 g/mol. The van der Waals surface area contributed by atoms with Crippen LogP contribution in [0.2, 0.25) is 0 Å². The van der Waals surface area contributed by atoms with Crippen molar-refractivity contribution in [3.63, 3.8) is 0 Å². The maximum atomic E-state index is 6.96. The number of aromatic amines is 1. The molecular weight excluding hydrogens is 346 g/mol. The summed E-state index contributed by atoms with van der Waals surface area (Å²) in [6, 6.07) is 10.6. The lowest BCUT2D eigenvalue weighted by atomic mass is 9.78. The second kappa shape index (κ2) is 7.12. The lowest BCUT2D eigenvalue weighted by molar-refractivity contribution is 0.533. The minimum Gasteiger partial charge on any atom is -0.256 e. The van der Waals surface area contributed by atoms with Crippen LogP contribution in [0.25, 0.3) is 22.5 Å². The second-order valence-corrected chi connectivity index (χ2v) is 8.18. The van der Waals surface area contributed by atoms with Crippen LogP contribution in [-0.4, -0.2) is 25.6 Å². The summed E-state index contributed by atoms with van der Waals surface area (Å²) in [7, 11) is 0. The summed E-state index contributed by atoms with van der Waals surface area (Å²) in [5.41, 5.74) is 6.55. The molecule has 0 amide bonds. The molecule has 1 saturated carbocycles. The number of aromatic nitrogens is 5. The fraction of sp³-hybridized carbons (Fsp3) is 0.435. The van der Waals surface area contributed by atoms with Gasteiger partial charge in [0.05, 0.1) is 11.3 Å². The Kier molecular flexibility index (Phi) is 4.46. The van der Waals surface area contributed by atoms with Crippen molar-refractivity contribution in [2.24, 2.45) is 0 Å². The Morgan fingerprint density at radius 3 is 2.43 bits per heavy atom. The summed E-state index contributed by atoms with van der Waals surface area (Å²) in [5, 5.41) is 15.0. The minimum atomic E-state index is -0.410. The van der Waals surface area contributed by atoms with Gasteiger partial charge in [-0.2, -0.15) is 0 Å². The van der Waals surface area contributed by atoms with Crippen molar-refractivity contribution in [3.05, 3.63) is 54.2 Å². The molecule has 0 unspecified atom stereocenters.